The van der Waals surface area contributed by atoms with E-state index in [1.165, 1.54) is 24.2 Å². The Morgan fingerprint density at radius 1 is 1.50 bits per heavy atom. The molecule has 2 rings (SSSR count). The van der Waals surface area contributed by atoms with Crippen LogP contribution in [0.25, 0.3) is 0 Å². The molecule has 90 valence electrons. The number of thiazole rings is 1. The van der Waals surface area contributed by atoms with Crippen molar-refractivity contribution in [2.75, 3.05) is 32.0 Å². The molecule has 3 N–H and O–H groups in total. The van der Waals surface area contributed by atoms with Gasteiger partial charge in [-0.3, -0.25) is 0 Å². The molecule has 0 atom stereocenters. The minimum atomic E-state index is 0.655. The third-order valence-electron chi connectivity index (χ3n) is 2.60. The van der Waals surface area contributed by atoms with Gasteiger partial charge in [-0.25, -0.2) is 4.98 Å². The zero-order chi connectivity index (χ0) is 11.2. The van der Waals surface area contributed by atoms with Gasteiger partial charge in [0.05, 0.1) is 12.3 Å². The minimum absolute atomic E-state index is 0.655. The zero-order valence-corrected chi connectivity index (χ0v) is 10.3. The number of nitrogen functional groups attached to an aromatic ring is 1. The van der Waals surface area contributed by atoms with Crippen LogP contribution in [0.5, 0.6) is 0 Å². The number of hydrogen-bond donors (Lipinski definition) is 2. The van der Waals surface area contributed by atoms with Crippen LogP contribution in [0.2, 0.25) is 0 Å². The molecule has 1 aliphatic rings. The van der Waals surface area contributed by atoms with Crippen LogP contribution in [0, 0.1) is 5.92 Å². The summed E-state index contributed by atoms with van der Waals surface area (Å²) in [6.45, 7) is 3.63. The highest BCUT2D eigenvalue weighted by Crippen LogP contribution is 2.28. The molecular formula is C11H19N3OS. The largest absolute Gasteiger partial charge is 0.380 e. The first kappa shape index (κ1) is 11.8. The molecule has 1 saturated carbocycles. The predicted molar refractivity (Wildman–Crippen MR) is 66.6 cm³/mol. The number of rotatable bonds is 8. The van der Waals surface area contributed by atoms with Crippen LogP contribution in [0.4, 0.5) is 5.13 Å². The molecule has 0 bridgehead atoms. The highest BCUT2D eigenvalue weighted by atomic mass is 32.1. The second kappa shape index (κ2) is 6.18. The molecular weight excluding hydrogens is 222 g/mol. The molecule has 4 nitrogen and oxygen atoms in total. The zero-order valence-electron chi connectivity index (χ0n) is 9.45. The first-order valence-corrected chi connectivity index (χ1v) is 6.71. The lowest BCUT2D eigenvalue weighted by Crippen LogP contribution is -2.22. The first-order chi connectivity index (χ1) is 7.84. The second-order valence-corrected chi connectivity index (χ2v) is 5.09. The van der Waals surface area contributed by atoms with E-state index in [2.05, 4.69) is 10.3 Å². The van der Waals surface area contributed by atoms with E-state index in [9.17, 15) is 0 Å². The standard InChI is InChI=1S/C11H19N3OS/c12-11-14-10(8-16-11)3-4-13-5-6-15-7-9-1-2-9/h8-9,13H,1-7H2,(H2,12,14). The Bertz CT molecular complexity index is 312. The fraction of sp³-hybridized carbons (Fsp3) is 0.727. The van der Waals surface area contributed by atoms with Crippen molar-refractivity contribution < 1.29 is 4.74 Å². The highest BCUT2D eigenvalue weighted by Gasteiger charge is 2.20. The smallest absolute Gasteiger partial charge is 0.180 e. The molecule has 1 aromatic heterocycles. The van der Waals surface area contributed by atoms with Crippen molar-refractivity contribution in [1.82, 2.24) is 10.3 Å². The van der Waals surface area contributed by atoms with Crippen LogP contribution in [-0.4, -0.2) is 31.3 Å². The molecule has 0 saturated heterocycles. The van der Waals surface area contributed by atoms with Crippen molar-refractivity contribution in [1.29, 1.82) is 0 Å². The van der Waals surface area contributed by atoms with Gasteiger partial charge < -0.3 is 15.8 Å². The molecule has 0 amide bonds. The van der Waals surface area contributed by atoms with Crippen molar-refractivity contribution in [2.45, 2.75) is 19.3 Å². The van der Waals surface area contributed by atoms with Crippen molar-refractivity contribution >= 4 is 16.5 Å². The number of ether oxygens (including phenoxy) is 1. The normalized spacial score (nSPS) is 15.5. The van der Waals surface area contributed by atoms with Crippen molar-refractivity contribution in [3.63, 3.8) is 0 Å². The number of aromatic nitrogens is 1. The van der Waals surface area contributed by atoms with E-state index in [0.29, 0.717) is 5.13 Å². The van der Waals surface area contributed by atoms with Gasteiger partial charge in [-0.05, 0) is 18.8 Å². The molecule has 1 aromatic rings. The van der Waals surface area contributed by atoms with E-state index in [-0.39, 0.29) is 0 Å². The molecule has 5 heteroatoms. The Kier molecular flexibility index (Phi) is 4.56. The lowest BCUT2D eigenvalue weighted by molar-refractivity contribution is 0.126. The van der Waals surface area contributed by atoms with Crippen LogP contribution in [0.15, 0.2) is 5.38 Å². The SMILES string of the molecule is Nc1nc(CCNCCOCC2CC2)cs1. The summed E-state index contributed by atoms with van der Waals surface area (Å²) in [4.78, 5) is 4.20. The topological polar surface area (TPSA) is 60.2 Å². The van der Waals surface area contributed by atoms with E-state index in [1.54, 1.807) is 0 Å². The van der Waals surface area contributed by atoms with Gasteiger partial charge in [0.15, 0.2) is 5.13 Å². The van der Waals surface area contributed by atoms with Crippen LogP contribution in [0.1, 0.15) is 18.5 Å². The van der Waals surface area contributed by atoms with Gasteiger partial charge in [0.25, 0.3) is 0 Å². The average molecular weight is 241 g/mol. The highest BCUT2D eigenvalue weighted by molar-refractivity contribution is 7.13. The molecule has 0 radical (unpaired) electrons. The van der Waals surface area contributed by atoms with Crippen LogP contribution in [0.3, 0.4) is 0 Å². The van der Waals surface area contributed by atoms with Gasteiger partial charge in [0, 0.05) is 31.5 Å². The molecule has 1 heterocycles. The lowest BCUT2D eigenvalue weighted by atomic mass is 10.3. The van der Waals surface area contributed by atoms with Gasteiger partial charge in [-0.1, -0.05) is 0 Å². The van der Waals surface area contributed by atoms with Gasteiger partial charge in [0.2, 0.25) is 0 Å². The Labute approximate surface area is 100 Å². The van der Waals surface area contributed by atoms with E-state index >= 15 is 0 Å². The number of nitrogens with zero attached hydrogens (tertiary/aromatic N) is 1. The Morgan fingerprint density at radius 3 is 3.06 bits per heavy atom. The monoisotopic (exact) mass is 241 g/mol. The van der Waals surface area contributed by atoms with Gasteiger partial charge in [-0.2, -0.15) is 0 Å². The van der Waals surface area contributed by atoms with Gasteiger partial charge in [-0.15, -0.1) is 11.3 Å². The number of hydrogen-bond acceptors (Lipinski definition) is 5. The van der Waals surface area contributed by atoms with E-state index in [1.807, 2.05) is 5.38 Å². The summed E-state index contributed by atoms with van der Waals surface area (Å²) >= 11 is 1.50. The summed E-state index contributed by atoms with van der Waals surface area (Å²) < 4.78 is 5.52. The maximum atomic E-state index is 5.55. The fourth-order valence-electron chi connectivity index (χ4n) is 1.46. The summed E-state index contributed by atoms with van der Waals surface area (Å²) in [7, 11) is 0. The summed E-state index contributed by atoms with van der Waals surface area (Å²) in [5, 5.41) is 6.01. The fourth-order valence-corrected chi connectivity index (χ4v) is 2.06. The van der Waals surface area contributed by atoms with Gasteiger partial charge in [0.1, 0.15) is 0 Å². The molecule has 0 aliphatic heterocycles. The number of nitrogens with two attached hydrogens (primary N) is 1. The van der Waals surface area contributed by atoms with E-state index in [4.69, 9.17) is 10.5 Å². The number of nitrogens with one attached hydrogen (secondary N) is 1. The molecule has 16 heavy (non-hydrogen) atoms. The summed E-state index contributed by atoms with van der Waals surface area (Å²) in [5.41, 5.74) is 6.63. The van der Waals surface area contributed by atoms with Crippen molar-refractivity contribution in [3.8, 4) is 0 Å². The quantitative estimate of drug-likeness (QED) is 0.673. The summed E-state index contributed by atoms with van der Waals surface area (Å²) in [6.07, 6.45) is 3.66. The molecule has 1 fully saturated rings. The maximum Gasteiger partial charge on any atom is 0.180 e. The summed E-state index contributed by atoms with van der Waals surface area (Å²) in [5.74, 6) is 0.859. The predicted octanol–water partition coefficient (Wildman–Crippen LogP) is 1.28. The maximum absolute atomic E-state index is 5.55. The third-order valence-corrected chi connectivity index (χ3v) is 3.32. The Balaban J connectivity index is 1.42. The Morgan fingerprint density at radius 2 is 2.38 bits per heavy atom. The van der Waals surface area contributed by atoms with Gasteiger partial charge >= 0.3 is 0 Å². The second-order valence-electron chi connectivity index (χ2n) is 4.20. The van der Waals surface area contributed by atoms with Crippen LogP contribution in [-0.2, 0) is 11.2 Å². The molecule has 0 unspecified atom stereocenters. The van der Waals surface area contributed by atoms with Crippen molar-refractivity contribution in [2.24, 2.45) is 5.92 Å². The van der Waals surface area contributed by atoms with Crippen LogP contribution < -0.4 is 11.1 Å². The lowest BCUT2D eigenvalue weighted by Gasteiger charge is -2.04. The molecule has 1 aliphatic carbocycles. The van der Waals surface area contributed by atoms with E-state index < -0.39 is 0 Å². The first-order valence-electron chi connectivity index (χ1n) is 5.83. The molecule has 0 aromatic carbocycles. The average Bonchev–Trinajstić information content (AvgIpc) is 3.00. The van der Waals surface area contributed by atoms with Crippen molar-refractivity contribution in [3.05, 3.63) is 11.1 Å². The number of anilines is 1. The Hall–Kier alpha value is -0.650. The minimum Gasteiger partial charge on any atom is -0.380 e. The van der Waals surface area contributed by atoms with Crippen LogP contribution >= 0.6 is 11.3 Å². The summed E-state index contributed by atoms with van der Waals surface area (Å²) in [6, 6.07) is 0. The third kappa shape index (κ3) is 4.47. The molecule has 0 spiro atoms. The van der Waals surface area contributed by atoms with E-state index in [0.717, 1.165) is 44.3 Å².